The van der Waals surface area contributed by atoms with E-state index in [-0.39, 0.29) is 28.8 Å². The molecule has 0 saturated heterocycles. The molecular formula is C17H16FN5O. The van der Waals surface area contributed by atoms with Gasteiger partial charge in [-0.3, -0.25) is 4.79 Å². The quantitative estimate of drug-likeness (QED) is 0.748. The summed E-state index contributed by atoms with van der Waals surface area (Å²) in [7, 11) is 0. The highest BCUT2D eigenvalue weighted by atomic mass is 19.1. The van der Waals surface area contributed by atoms with E-state index in [1.165, 1.54) is 16.8 Å². The van der Waals surface area contributed by atoms with Crippen LogP contribution in [0.4, 0.5) is 10.3 Å². The molecule has 0 aliphatic heterocycles. The Kier molecular flexibility index (Phi) is 4.07. The fraction of sp³-hybridized carbons (Fsp3) is 0.176. The number of anilines is 1. The van der Waals surface area contributed by atoms with Gasteiger partial charge in [0.1, 0.15) is 0 Å². The zero-order valence-electron chi connectivity index (χ0n) is 13.3. The van der Waals surface area contributed by atoms with Crippen LogP contribution in [0.2, 0.25) is 0 Å². The molecule has 6 nitrogen and oxygen atoms in total. The number of nitrogens with two attached hydrogens (primary N) is 1. The molecule has 0 bridgehead atoms. The van der Waals surface area contributed by atoms with Gasteiger partial charge in [0, 0.05) is 11.6 Å². The summed E-state index contributed by atoms with van der Waals surface area (Å²) < 4.78 is 15.8. The van der Waals surface area contributed by atoms with Crippen molar-refractivity contribution in [3.8, 4) is 22.5 Å². The van der Waals surface area contributed by atoms with Crippen molar-refractivity contribution in [1.82, 2.24) is 19.7 Å². The van der Waals surface area contributed by atoms with Crippen LogP contribution in [0.15, 0.2) is 47.3 Å². The Labute approximate surface area is 137 Å². The molecule has 0 amide bonds. The van der Waals surface area contributed by atoms with Gasteiger partial charge in [-0.25, -0.2) is 9.67 Å². The first kappa shape index (κ1) is 15.8. The van der Waals surface area contributed by atoms with Gasteiger partial charge in [0.05, 0.1) is 23.0 Å². The lowest BCUT2D eigenvalue weighted by atomic mass is 10.0. The van der Waals surface area contributed by atoms with Gasteiger partial charge in [0.15, 0.2) is 0 Å². The fourth-order valence-corrected chi connectivity index (χ4v) is 2.41. The number of nitrogens with zero attached hydrogens (tertiary/aromatic N) is 4. The van der Waals surface area contributed by atoms with Gasteiger partial charge in [-0.2, -0.15) is 14.5 Å². The molecule has 0 spiro atoms. The summed E-state index contributed by atoms with van der Waals surface area (Å²) in [4.78, 5) is 19.7. The van der Waals surface area contributed by atoms with Crippen LogP contribution in [0, 0.1) is 5.95 Å². The minimum Gasteiger partial charge on any atom is -0.368 e. The second kappa shape index (κ2) is 6.19. The minimum absolute atomic E-state index is 0.116. The maximum absolute atomic E-state index is 14.6. The molecule has 1 aromatic carbocycles. The van der Waals surface area contributed by atoms with E-state index in [1.54, 1.807) is 12.1 Å². The van der Waals surface area contributed by atoms with Gasteiger partial charge in [0.2, 0.25) is 11.9 Å². The van der Waals surface area contributed by atoms with Crippen molar-refractivity contribution < 1.29 is 4.39 Å². The zero-order valence-corrected chi connectivity index (χ0v) is 13.3. The van der Waals surface area contributed by atoms with E-state index >= 15 is 0 Å². The molecule has 3 aromatic rings. The molecule has 7 heteroatoms. The number of halogens is 1. The van der Waals surface area contributed by atoms with E-state index < -0.39 is 5.95 Å². The van der Waals surface area contributed by atoms with Gasteiger partial charge in [-0.15, -0.1) is 0 Å². The fourth-order valence-electron chi connectivity index (χ4n) is 2.41. The van der Waals surface area contributed by atoms with Crippen LogP contribution in [-0.4, -0.2) is 19.7 Å². The molecular weight excluding hydrogens is 309 g/mol. The van der Waals surface area contributed by atoms with Crippen molar-refractivity contribution in [2.24, 2.45) is 0 Å². The number of aromatic nitrogens is 4. The normalized spacial score (nSPS) is 11.0. The third-order valence-electron chi connectivity index (χ3n) is 3.50. The summed E-state index contributed by atoms with van der Waals surface area (Å²) in [5.74, 6) is -0.935. The molecule has 122 valence electrons. The van der Waals surface area contributed by atoms with Crippen LogP contribution in [0.25, 0.3) is 22.5 Å². The first-order valence-corrected chi connectivity index (χ1v) is 7.46. The number of hydrogen-bond acceptors (Lipinski definition) is 5. The van der Waals surface area contributed by atoms with Crippen molar-refractivity contribution in [1.29, 1.82) is 0 Å². The first-order chi connectivity index (χ1) is 11.5. The predicted octanol–water partition coefficient (Wildman–Crippen LogP) is 2.67. The topological polar surface area (TPSA) is 86.7 Å². The Morgan fingerprint density at radius 3 is 2.46 bits per heavy atom. The molecule has 0 radical (unpaired) electrons. The summed E-state index contributed by atoms with van der Waals surface area (Å²) in [6.07, 6.45) is 0. The second-order valence-corrected chi connectivity index (χ2v) is 5.56. The SMILES string of the molecule is CC(C)n1nc(-c2c(F)nc(N)nc2-c2ccccc2)ccc1=O. The predicted molar refractivity (Wildman–Crippen MR) is 89.7 cm³/mol. The van der Waals surface area contributed by atoms with Crippen molar-refractivity contribution in [2.75, 3.05) is 5.73 Å². The van der Waals surface area contributed by atoms with Crippen molar-refractivity contribution >= 4 is 5.95 Å². The van der Waals surface area contributed by atoms with E-state index in [9.17, 15) is 9.18 Å². The first-order valence-electron chi connectivity index (χ1n) is 7.46. The summed E-state index contributed by atoms with van der Waals surface area (Å²) in [5.41, 5.74) is 6.76. The minimum atomic E-state index is -0.775. The lowest BCUT2D eigenvalue weighted by molar-refractivity contribution is 0.503. The molecule has 2 aromatic heterocycles. The van der Waals surface area contributed by atoms with Crippen LogP contribution < -0.4 is 11.3 Å². The molecule has 24 heavy (non-hydrogen) atoms. The molecule has 2 heterocycles. The van der Waals surface area contributed by atoms with E-state index in [1.807, 2.05) is 32.0 Å². The Balaban J connectivity index is 2.29. The molecule has 3 rings (SSSR count). The van der Waals surface area contributed by atoms with Gasteiger partial charge in [-0.05, 0) is 19.9 Å². The molecule has 0 saturated carbocycles. The Morgan fingerprint density at radius 1 is 1.08 bits per heavy atom. The Hall–Kier alpha value is -3.09. The Morgan fingerprint density at radius 2 is 1.79 bits per heavy atom. The van der Waals surface area contributed by atoms with Crippen LogP contribution in [0.1, 0.15) is 19.9 Å². The number of nitrogen functional groups attached to an aromatic ring is 1. The number of hydrogen-bond donors (Lipinski definition) is 1. The summed E-state index contributed by atoms with van der Waals surface area (Å²) in [6, 6.07) is 11.7. The molecule has 0 aliphatic rings. The molecule has 0 unspecified atom stereocenters. The lowest BCUT2D eigenvalue weighted by Gasteiger charge is -2.13. The third-order valence-corrected chi connectivity index (χ3v) is 3.50. The highest BCUT2D eigenvalue weighted by molar-refractivity contribution is 5.79. The van der Waals surface area contributed by atoms with Crippen LogP contribution in [0.5, 0.6) is 0 Å². The summed E-state index contributed by atoms with van der Waals surface area (Å²) >= 11 is 0. The van der Waals surface area contributed by atoms with E-state index in [0.717, 1.165) is 0 Å². The summed E-state index contributed by atoms with van der Waals surface area (Å²) in [5, 5.41) is 4.26. The molecule has 0 aliphatic carbocycles. The maximum Gasteiger partial charge on any atom is 0.267 e. The smallest absolute Gasteiger partial charge is 0.267 e. The monoisotopic (exact) mass is 325 g/mol. The number of rotatable bonds is 3. The van der Waals surface area contributed by atoms with E-state index in [4.69, 9.17) is 5.73 Å². The highest BCUT2D eigenvalue weighted by Crippen LogP contribution is 2.31. The summed E-state index contributed by atoms with van der Waals surface area (Å²) in [6.45, 7) is 3.65. The third kappa shape index (κ3) is 2.88. The van der Waals surface area contributed by atoms with Gasteiger partial charge in [-0.1, -0.05) is 30.3 Å². The van der Waals surface area contributed by atoms with Crippen LogP contribution in [0.3, 0.4) is 0 Å². The average Bonchev–Trinajstić information content (AvgIpc) is 2.55. The zero-order chi connectivity index (χ0) is 17.3. The molecule has 0 atom stereocenters. The molecule has 0 fully saturated rings. The van der Waals surface area contributed by atoms with Crippen LogP contribution >= 0.6 is 0 Å². The van der Waals surface area contributed by atoms with E-state index in [2.05, 4.69) is 15.1 Å². The second-order valence-electron chi connectivity index (χ2n) is 5.56. The van der Waals surface area contributed by atoms with Crippen molar-refractivity contribution in [3.63, 3.8) is 0 Å². The van der Waals surface area contributed by atoms with E-state index in [0.29, 0.717) is 11.3 Å². The van der Waals surface area contributed by atoms with Crippen molar-refractivity contribution in [2.45, 2.75) is 19.9 Å². The Bertz CT molecular complexity index is 937. The van der Waals surface area contributed by atoms with Gasteiger partial charge in [0.25, 0.3) is 5.56 Å². The maximum atomic E-state index is 14.6. The molecule has 2 N–H and O–H groups in total. The van der Waals surface area contributed by atoms with Gasteiger partial charge >= 0.3 is 0 Å². The number of benzene rings is 1. The van der Waals surface area contributed by atoms with Crippen molar-refractivity contribution in [3.05, 3.63) is 58.8 Å². The van der Waals surface area contributed by atoms with Crippen LogP contribution in [-0.2, 0) is 0 Å². The average molecular weight is 325 g/mol. The lowest BCUT2D eigenvalue weighted by Crippen LogP contribution is -2.24. The van der Waals surface area contributed by atoms with Gasteiger partial charge < -0.3 is 5.73 Å². The highest BCUT2D eigenvalue weighted by Gasteiger charge is 2.19. The largest absolute Gasteiger partial charge is 0.368 e. The standard InChI is InChI=1S/C17H16FN5O/c1-10(2)23-13(24)9-8-12(22-23)14-15(11-6-4-3-5-7-11)20-17(19)21-16(14)18/h3-10H,1-2H3,(H2,19,20,21).